The maximum atomic E-state index is 14.6. The first kappa shape index (κ1) is 91.0. The molecule has 15 atom stereocenters. The van der Waals surface area contributed by atoms with Crippen molar-refractivity contribution in [1.82, 2.24) is 20.2 Å². The minimum atomic E-state index is -5.48. The van der Waals surface area contributed by atoms with Crippen molar-refractivity contribution in [2.75, 3.05) is 65.9 Å². The molecule has 2 saturated heterocycles. The Labute approximate surface area is 652 Å². The number of fused-ring (bicyclic) bond motifs is 7. The van der Waals surface area contributed by atoms with E-state index in [1.165, 1.54) is 17.8 Å². The zero-order valence-electron chi connectivity index (χ0n) is 64.7. The number of carbonyl (C=O) groups excluding carboxylic acids is 8. The maximum Gasteiger partial charge on any atom is 3.00 e. The minimum Gasteiger partial charge on any atom is -0.756 e. The SMILES string of the molecule is C/C1=C2N=C(/C=C3N=C(/C(C)=C4\[N-][C@@](C)([C@@H]5N=C1[C@](C)(CCC(=O)NC[C@@H](C)OP(=O)([O-])O[C@H]1[C@@H](O)[C@@H](n6cnc7cc(C)c(C)cc76)O[C@@H]1COC(=O)NCCCOCCOCCOCCCN)[C@H]5CC(N)=O)[C@@](C)(CC(N)=O)[C@@H]4CCC(N)=O)[C@@](C)(CC(N)=O)[C@@H]\3CCC(N)=O)C(C)(C)[C@@H]/2CCC(N)=O.[C-]#N.[Co+3]. The normalized spacial score (nSPS) is 29.8. The molecule has 0 spiro atoms. The first-order chi connectivity index (χ1) is 51.2. The molecule has 1 unspecified atom stereocenters. The van der Waals surface area contributed by atoms with Gasteiger partial charge in [-0.05, 0) is 137 Å². The molecule has 8 rings (SSSR count). The second-order valence-electron chi connectivity index (χ2n) is 30.7. The number of ether oxygens (including phenoxy) is 5. The van der Waals surface area contributed by atoms with Crippen molar-refractivity contribution in [2.45, 2.75) is 202 Å². The van der Waals surface area contributed by atoms with Gasteiger partial charge in [0.15, 0.2) is 6.23 Å². The Kier molecular flexibility index (Phi) is 31.9. The van der Waals surface area contributed by atoms with Crippen LogP contribution < -0.4 is 55.7 Å². The van der Waals surface area contributed by atoms with E-state index < -0.39 is 156 Å². The summed E-state index contributed by atoms with van der Waals surface area (Å²) in [5, 5.41) is 29.3. The number of aliphatic imine (C=N–C) groups is 3. The Morgan fingerprint density at radius 2 is 1.33 bits per heavy atom. The van der Waals surface area contributed by atoms with Gasteiger partial charge in [-0.15, -0.1) is 0 Å². The van der Waals surface area contributed by atoms with E-state index in [0.717, 1.165) is 17.5 Å². The van der Waals surface area contributed by atoms with Crippen LogP contribution in [-0.2, 0) is 87.6 Å². The second kappa shape index (κ2) is 38.6. The predicted octanol–water partition coefficient (Wildman–Crippen LogP) is 3.93. The van der Waals surface area contributed by atoms with Crippen molar-refractivity contribution in [3.63, 3.8) is 0 Å². The van der Waals surface area contributed by atoms with Gasteiger partial charge in [0.05, 0.1) is 49.9 Å². The summed E-state index contributed by atoms with van der Waals surface area (Å²) in [4.78, 5) is 142. The van der Waals surface area contributed by atoms with E-state index in [0.29, 0.717) is 109 Å². The Morgan fingerprint density at radius 1 is 0.745 bits per heavy atom. The molecule has 17 N–H and O–H groups in total. The number of aliphatic hydroxyl groups is 1. The predicted molar refractivity (Wildman–Crippen MR) is 400 cm³/mol. The second-order valence-corrected chi connectivity index (χ2v) is 32.0. The van der Waals surface area contributed by atoms with E-state index in [9.17, 15) is 52.9 Å². The van der Waals surface area contributed by atoms with Crippen molar-refractivity contribution in [2.24, 2.45) is 100 Å². The van der Waals surface area contributed by atoms with Gasteiger partial charge in [-0.25, -0.2) is 9.78 Å². The van der Waals surface area contributed by atoms with Crippen LogP contribution in [0.3, 0.4) is 0 Å². The molecule has 1 aromatic carbocycles. The van der Waals surface area contributed by atoms with Gasteiger partial charge < -0.3 is 115 Å². The molecular weight excluding hydrogens is 1490 g/mol. The van der Waals surface area contributed by atoms with Crippen molar-refractivity contribution in [3.05, 3.63) is 75.8 Å². The number of phosphoric acid groups is 1. The van der Waals surface area contributed by atoms with E-state index in [2.05, 4.69) is 15.6 Å². The number of nitrogens with one attached hydrogen (secondary N) is 2. The number of carbonyl (C=O) groups is 8. The number of hydrogen-bond donors (Lipinski definition) is 10. The number of phosphoric ester groups is 1. The Bertz CT molecular complexity index is 4010. The van der Waals surface area contributed by atoms with Crippen LogP contribution in [0.15, 0.2) is 67.8 Å². The molecule has 0 saturated carbocycles. The molecule has 6 aliphatic rings. The summed E-state index contributed by atoms with van der Waals surface area (Å²) in [6, 6.07) is 2.60. The van der Waals surface area contributed by atoms with Crippen LogP contribution in [0.5, 0.6) is 0 Å². The van der Waals surface area contributed by atoms with Crippen LogP contribution in [0, 0.1) is 71.0 Å². The van der Waals surface area contributed by atoms with Crippen LogP contribution in [0.1, 0.15) is 163 Å². The largest absolute Gasteiger partial charge is 3.00 e. The molecule has 8 bridgehead atoms. The molecule has 8 amide bonds. The molecule has 0 radical (unpaired) electrons. The van der Waals surface area contributed by atoms with Crippen LogP contribution in [0.25, 0.3) is 16.4 Å². The number of benzene rings is 1. The average molecular weight is 1600 g/mol. The molecule has 1 aromatic heterocycles. The average Bonchev–Trinajstić information content (AvgIpc) is 1.53. The van der Waals surface area contributed by atoms with E-state index >= 15 is 0 Å². The molecule has 2 aromatic rings. The fraction of sp³-hybridized carbons (Fsp3) is 0.662. The van der Waals surface area contributed by atoms with Crippen LogP contribution >= 0.6 is 7.82 Å². The van der Waals surface area contributed by atoms with Gasteiger partial charge in [-0.1, -0.05) is 47.1 Å². The summed E-state index contributed by atoms with van der Waals surface area (Å²) < 4.78 is 55.1. The number of primary amides is 6. The first-order valence-corrected chi connectivity index (χ1v) is 38.3. The maximum absolute atomic E-state index is 14.6. The fourth-order valence-corrected chi connectivity index (χ4v) is 17.7. The smallest absolute Gasteiger partial charge is 0.756 e. The van der Waals surface area contributed by atoms with Gasteiger partial charge in [-0.2, -0.15) is 5.70 Å². The first-order valence-electron chi connectivity index (χ1n) is 36.8. The summed E-state index contributed by atoms with van der Waals surface area (Å²) in [7, 11) is -5.48. The van der Waals surface area contributed by atoms with Crippen LogP contribution in [-0.4, -0.2) is 181 Å². The van der Waals surface area contributed by atoms with E-state index in [1.54, 1.807) is 13.8 Å². The molecule has 110 heavy (non-hydrogen) atoms. The number of aromatic nitrogens is 2. The number of nitrogens with two attached hydrogens (primary N) is 7. The van der Waals surface area contributed by atoms with Crippen LogP contribution in [0.4, 0.5) is 4.79 Å². The summed E-state index contributed by atoms with van der Waals surface area (Å²) in [5.74, 6) is -7.60. The number of allylic oxidation sites excluding steroid dienone is 6. The summed E-state index contributed by atoms with van der Waals surface area (Å²) in [5.41, 5.74) is 42.0. The standard InChI is InChI=1S/C73H112N15O18P.CN.Co/c1-39-30-49-50(31-40(39)2)88(38-83-49)67-62(96)63(51(104-67)37-103-68(97)81-23-13-25-101-27-29-102-28-26-100-24-12-22-74)106-107(98,99)105-41(3)36-82-59(95)20-21-70(8)47(32-56(78)92)66-73(11)72(10,35-58(80)94)46(16-19-55(77)91)61(87-73)43(5)65-71(9,34-57(79)93)44(14-17-53(75)89)48(84-65)33-52-69(6,7)45(15-18-54(76)90)60(85-52)42(4)64(70)86-66;1-2;/h30-31,33,38,41,44-47,51,62-63,66-67,96H,12-29,32,34-37,74H2,1-11H3,(H16,75,76,77,78,79,80,81,82,84,85,86,87,89,90,91,92,93,94,95,97,98,99);;/q;-1;+3/p-2/t41-,44-,45-,46-,47+,51-,62-,63-,66-,67+,70-,71+,72+,73+;;/m1../s1. The van der Waals surface area contributed by atoms with Crippen molar-refractivity contribution >= 4 is 83.4 Å². The van der Waals surface area contributed by atoms with Gasteiger partial charge in [0.1, 0.15) is 24.9 Å². The number of alkyl carbamates (subject to hydrolysis) is 1. The van der Waals surface area contributed by atoms with Gasteiger partial charge in [0.25, 0.3) is 7.82 Å². The van der Waals surface area contributed by atoms with Gasteiger partial charge in [-0.3, -0.25) is 53.1 Å². The number of rotatable bonds is 40. The van der Waals surface area contributed by atoms with Gasteiger partial charge >= 0.3 is 22.9 Å². The van der Waals surface area contributed by atoms with Crippen molar-refractivity contribution in [3.8, 4) is 0 Å². The quantitative estimate of drug-likeness (QED) is 0.0257. The van der Waals surface area contributed by atoms with Gasteiger partial charge in [0.2, 0.25) is 41.4 Å². The number of hydrogen-bond acceptors (Lipinski definition) is 24. The third-order valence-corrected chi connectivity index (χ3v) is 23.8. The number of amides is 8. The number of aryl methyl sites for hydroxylation is 2. The molecule has 2 fully saturated rings. The molecule has 34 nitrogen and oxygen atoms in total. The number of aliphatic hydroxyl groups excluding tert-OH is 1. The molecule has 36 heteroatoms. The third-order valence-electron chi connectivity index (χ3n) is 22.7. The van der Waals surface area contributed by atoms with Crippen molar-refractivity contribution in [1.29, 1.82) is 5.26 Å². The summed E-state index contributed by atoms with van der Waals surface area (Å²) in [6.45, 7) is 26.8. The fourth-order valence-electron chi connectivity index (χ4n) is 16.6. The molecule has 6 aliphatic heterocycles. The molecule has 0 aliphatic carbocycles. The van der Waals surface area contributed by atoms with Gasteiger partial charge in [0, 0.05) is 134 Å². The summed E-state index contributed by atoms with van der Waals surface area (Å²) in [6.07, 6.45) is -5.19. The minimum absolute atomic E-state index is 0. The zero-order valence-corrected chi connectivity index (χ0v) is 66.6. The topological polar surface area (TPSA) is 561 Å². The molecule has 7 heterocycles. The Morgan fingerprint density at radius 3 is 1.92 bits per heavy atom. The van der Waals surface area contributed by atoms with E-state index in [1.807, 2.05) is 73.6 Å². The monoisotopic (exact) mass is 1600 g/mol. The zero-order chi connectivity index (χ0) is 80.9. The molecule has 608 valence electrons. The van der Waals surface area contributed by atoms with Crippen LogP contribution in [0.2, 0.25) is 0 Å². The Hall–Kier alpha value is -7.85. The summed E-state index contributed by atoms with van der Waals surface area (Å²) >= 11 is 0. The van der Waals surface area contributed by atoms with E-state index in [-0.39, 0.29) is 94.0 Å². The van der Waals surface area contributed by atoms with Crippen molar-refractivity contribution < 1.29 is 102 Å². The van der Waals surface area contributed by atoms with E-state index in [4.69, 9.17) is 105 Å². The number of nitrogens with zero attached hydrogens (tertiary/aromatic N) is 7. The number of imidazole rings is 1. The molecular formula is C74H110CoN16O18P. The Balaban J connectivity index is 0.00000624. The third kappa shape index (κ3) is 20.9.